The van der Waals surface area contributed by atoms with E-state index in [1.54, 1.807) is 22.7 Å². The van der Waals surface area contributed by atoms with E-state index < -0.39 is 10.0 Å². The highest BCUT2D eigenvalue weighted by Gasteiger charge is 2.22. The zero-order valence-corrected chi connectivity index (χ0v) is 15.1. The zero-order chi connectivity index (χ0) is 17.3. The summed E-state index contributed by atoms with van der Waals surface area (Å²) < 4.78 is 40.6. The van der Waals surface area contributed by atoms with Crippen LogP contribution >= 0.6 is 15.9 Å². The summed E-state index contributed by atoms with van der Waals surface area (Å²) in [5, 5.41) is 7.70. The maximum absolute atomic E-state index is 12.8. The first-order valence-electron chi connectivity index (χ1n) is 6.68. The van der Waals surface area contributed by atoms with Crippen LogP contribution in [0.1, 0.15) is 0 Å². The Balaban J connectivity index is 2.10. The number of nitrogens with zero attached hydrogens (tertiary/aromatic N) is 3. The first-order chi connectivity index (χ1) is 11.4. The molecule has 0 aliphatic heterocycles. The number of hydrogen-bond acceptors (Lipinski definition) is 6. The van der Waals surface area contributed by atoms with Crippen LogP contribution in [-0.4, -0.2) is 37.2 Å². The van der Waals surface area contributed by atoms with Crippen LogP contribution in [0.3, 0.4) is 0 Å². The number of nitrogens with one attached hydrogen (secondary N) is 1. The van der Waals surface area contributed by atoms with E-state index in [4.69, 9.17) is 9.47 Å². The maximum atomic E-state index is 12.8. The predicted molar refractivity (Wildman–Crippen MR) is 91.0 cm³/mol. The van der Waals surface area contributed by atoms with Gasteiger partial charge in [0, 0.05) is 16.7 Å². The SMILES string of the molecule is COc1ccc(OC)c(S(=O)(=O)Nc2cc(Br)cn3cnnc23)c1. The number of benzene rings is 1. The van der Waals surface area contributed by atoms with Crippen LogP contribution in [0.15, 0.2) is 46.2 Å². The van der Waals surface area contributed by atoms with E-state index >= 15 is 0 Å². The topological polar surface area (TPSA) is 94.8 Å². The van der Waals surface area contributed by atoms with Gasteiger partial charge in [-0.1, -0.05) is 0 Å². The molecule has 0 radical (unpaired) electrons. The quantitative estimate of drug-likeness (QED) is 0.690. The van der Waals surface area contributed by atoms with Crippen molar-refractivity contribution in [2.24, 2.45) is 0 Å². The number of hydrogen-bond donors (Lipinski definition) is 1. The van der Waals surface area contributed by atoms with Crippen molar-refractivity contribution in [3.05, 3.63) is 41.3 Å². The van der Waals surface area contributed by atoms with Gasteiger partial charge in [-0.15, -0.1) is 10.2 Å². The number of rotatable bonds is 5. The molecule has 2 heterocycles. The lowest BCUT2D eigenvalue weighted by Crippen LogP contribution is -2.15. The van der Waals surface area contributed by atoms with Crippen LogP contribution in [0.4, 0.5) is 5.69 Å². The summed E-state index contributed by atoms with van der Waals surface area (Å²) in [7, 11) is -1.07. The summed E-state index contributed by atoms with van der Waals surface area (Å²) in [6.45, 7) is 0. The average Bonchev–Trinajstić information content (AvgIpc) is 3.02. The molecule has 10 heteroatoms. The molecular formula is C14H13BrN4O4S. The fraction of sp³-hybridized carbons (Fsp3) is 0.143. The standard InChI is InChI=1S/C14H13BrN4O4S/c1-22-10-3-4-12(23-2)13(6-10)24(20,21)18-11-5-9(15)7-19-8-16-17-14(11)19/h3-8,18H,1-2H3. The molecule has 3 aromatic rings. The lowest BCUT2D eigenvalue weighted by atomic mass is 10.3. The van der Waals surface area contributed by atoms with E-state index in [0.717, 1.165) is 0 Å². The third-order valence-electron chi connectivity index (χ3n) is 3.26. The Kier molecular flexibility index (Phi) is 4.33. The molecule has 0 saturated carbocycles. The lowest BCUT2D eigenvalue weighted by Gasteiger charge is -2.13. The molecule has 126 valence electrons. The third kappa shape index (κ3) is 3.02. The Labute approximate surface area is 146 Å². The summed E-state index contributed by atoms with van der Waals surface area (Å²) >= 11 is 3.33. The Morgan fingerprint density at radius 1 is 1.21 bits per heavy atom. The fourth-order valence-electron chi connectivity index (χ4n) is 2.17. The van der Waals surface area contributed by atoms with Crippen molar-refractivity contribution in [2.75, 3.05) is 18.9 Å². The molecule has 0 amide bonds. The van der Waals surface area contributed by atoms with Gasteiger partial charge in [0.25, 0.3) is 10.0 Å². The van der Waals surface area contributed by atoms with Crippen LogP contribution in [0, 0.1) is 0 Å². The minimum Gasteiger partial charge on any atom is -0.497 e. The first-order valence-corrected chi connectivity index (χ1v) is 8.96. The highest BCUT2D eigenvalue weighted by Crippen LogP contribution is 2.31. The Hall–Kier alpha value is -2.33. The minimum atomic E-state index is -3.93. The van der Waals surface area contributed by atoms with Crippen LogP contribution in [-0.2, 0) is 10.0 Å². The van der Waals surface area contributed by atoms with E-state index in [1.807, 2.05) is 0 Å². The normalized spacial score (nSPS) is 11.5. The van der Waals surface area contributed by atoms with E-state index in [9.17, 15) is 8.42 Å². The largest absolute Gasteiger partial charge is 0.497 e. The fourth-order valence-corrected chi connectivity index (χ4v) is 3.86. The molecule has 8 nitrogen and oxygen atoms in total. The minimum absolute atomic E-state index is 0.0398. The van der Waals surface area contributed by atoms with Crippen molar-refractivity contribution in [3.8, 4) is 11.5 Å². The molecule has 0 aliphatic carbocycles. The van der Waals surface area contributed by atoms with Gasteiger partial charge in [0.15, 0.2) is 5.65 Å². The van der Waals surface area contributed by atoms with Gasteiger partial charge in [-0.05, 0) is 34.1 Å². The van der Waals surface area contributed by atoms with Crippen molar-refractivity contribution < 1.29 is 17.9 Å². The van der Waals surface area contributed by atoms with Crippen LogP contribution in [0.5, 0.6) is 11.5 Å². The highest BCUT2D eigenvalue weighted by atomic mass is 79.9. The van der Waals surface area contributed by atoms with Crippen molar-refractivity contribution in [1.29, 1.82) is 0 Å². The molecule has 1 N–H and O–H groups in total. The molecule has 0 bridgehead atoms. The average molecular weight is 413 g/mol. The summed E-state index contributed by atoms with van der Waals surface area (Å²) in [5.74, 6) is 0.605. The third-order valence-corrected chi connectivity index (χ3v) is 5.08. The van der Waals surface area contributed by atoms with Gasteiger partial charge >= 0.3 is 0 Å². The Morgan fingerprint density at radius 3 is 2.71 bits per heavy atom. The van der Waals surface area contributed by atoms with Crippen LogP contribution in [0.25, 0.3) is 5.65 Å². The van der Waals surface area contributed by atoms with Crippen LogP contribution < -0.4 is 14.2 Å². The molecule has 0 spiro atoms. The molecule has 0 fully saturated rings. The maximum Gasteiger partial charge on any atom is 0.265 e. The lowest BCUT2D eigenvalue weighted by molar-refractivity contribution is 0.392. The van der Waals surface area contributed by atoms with E-state index in [1.165, 1.54) is 32.7 Å². The Morgan fingerprint density at radius 2 is 2.00 bits per heavy atom. The number of sulfonamides is 1. The smallest absolute Gasteiger partial charge is 0.265 e. The summed E-state index contributed by atoms with van der Waals surface area (Å²) in [4.78, 5) is -0.0398. The van der Waals surface area contributed by atoms with Crippen LogP contribution in [0.2, 0.25) is 0 Å². The number of aromatic nitrogens is 3. The molecule has 0 aliphatic rings. The summed E-state index contributed by atoms with van der Waals surface area (Å²) in [6.07, 6.45) is 3.20. The first kappa shape index (κ1) is 16.5. The van der Waals surface area contributed by atoms with E-state index in [0.29, 0.717) is 15.9 Å². The van der Waals surface area contributed by atoms with Gasteiger partial charge in [-0.25, -0.2) is 8.42 Å². The zero-order valence-electron chi connectivity index (χ0n) is 12.7. The van der Waals surface area contributed by atoms with Crippen molar-refractivity contribution in [1.82, 2.24) is 14.6 Å². The van der Waals surface area contributed by atoms with E-state index in [-0.39, 0.29) is 16.3 Å². The second-order valence-electron chi connectivity index (χ2n) is 4.76. The monoisotopic (exact) mass is 412 g/mol. The molecule has 2 aromatic heterocycles. The molecule has 1 aromatic carbocycles. The number of halogens is 1. The second-order valence-corrected chi connectivity index (χ2v) is 7.32. The molecule has 0 unspecified atom stereocenters. The van der Waals surface area contributed by atoms with Gasteiger partial charge in [0.05, 0.1) is 19.9 Å². The van der Waals surface area contributed by atoms with Gasteiger partial charge in [0.2, 0.25) is 0 Å². The number of ether oxygens (including phenoxy) is 2. The van der Waals surface area contributed by atoms with Crippen molar-refractivity contribution in [3.63, 3.8) is 0 Å². The highest BCUT2D eigenvalue weighted by molar-refractivity contribution is 9.10. The molecular weight excluding hydrogens is 400 g/mol. The van der Waals surface area contributed by atoms with Gasteiger partial charge < -0.3 is 9.47 Å². The number of anilines is 1. The van der Waals surface area contributed by atoms with Gasteiger partial charge in [-0.2, -0.15) is 0 Å². The van der Waals surface area contributed by atoms with Gasteiger partial charge in [-0.3, -0.25) is 9.12 Å². The molecule has 0 saturated heterocycles. The van der Waals surface area contributed by atoms with Crippen molar-refractivity contribution in [2.45, 2.75) is 4.90 Å². The van der Waals surface area contributed by atoms with Crippen molar-refractivity contribution >= 4 is 37.3 Å². The van der Waals surface area contributed by atoms with Gasteiger partial charge in [0.1, 0.15) is 22.7 Å². The predicted octanol–water partition coefficient (Wildman–Crippen LogP) is 2.31. The molecule has 3 rings (SSSR count). The van der Waals surface area contributed by atoms with E-state index in [2.05, 4.69) is 30.8 Å². The second kappa shape index (κ2) is 6.29. The summed E-state index contributed by atoms with van der Waals surface area (Å²) in [6, 6.07) is 6.14. The molecule has 0 atom stereocenters. The Bertz CT molecular complexity index is 1000. The number of pyridine rings is 1. The summed E-state index contributed by atoms with van der Waals surface area (Å²) in [5.41, 5.74) is 0.662. The molecule has 24 heavy (non-hydrogen) atoms. The number of fused-ring (bicyclic) bond motifs is 1. The number of methoxy groups -OCH3 is 2.